The predicted molar refractivity (Wildman–Crippen MR) is 185 cm³/mol. The van der Waals surface area contributed by atoms with Gasteiger partial charge in [0.15, 0.2) is 5.65 Å². The summed E-state index contributed by atoms with van der Waals surface area (Å²) in [5, 5.41) is 5.94. The second-order valence-electron chi connectivity index (χ2n) is 12.8. The Bertz CT molecular complexity index is 2300. The van der Waals surface area contributed by atoms with Crippen LogP contribution in [0.25, 0.3) is 38.9 Å². The Labute approximate surface area is 262 Å². The van der Waals surface area contributed by atoms with Gasteiger partial charge in [-0.3, -0.25) is 4.57 Å². The van der Waals surface area contributed by atoms with Crippen molar-refractivity contribution in [3.63, 3.8) is 0 Å². The highest BCUT2D eigenvalue weighted by molar-refractivity contribution is 6.84. The Balaban J connectivity index is 1.15. The SMILES string of the molecule is CC(C)(C)c1ccnc(-n2c3ccccc3c3ccc(Oc4ccc5c(c4)B4Nc6ccccc6N4c4ccccc4-5)nc32)c1. The van der Waals surface area contributed by atoms with Crippen molar-refractivity contribution in [1.29, 1.82) is 0 Å². The summed E-state index contributed by atoms with van der Waals surface area (Å²) in [6.45, 7) is 6.63. The largest absolute Gasteiger partial charge is 0.439 e. The van der Waals surface area contributed by atoms with Crippen LogP contribution in [-0.4, -0.2) is 21.5 Å². The maximum absolute atomic E-state index is 6.54. The van der Waals surface area contributed by atoms with Gasteiger partial charge in [-0.1, -0.05) is 75.4 Å². The maximum Gasteiger partial charge on any atom is 0.414 e. The van der Waals surface area contributed by atoms with Crippen LogP contribution in [0.3, 0.4) is 0 Å². The van der Waals surface area contributed by atoms with Crippen molar-refractivity contribution in [1.82, 2.24) is 14.5 Å². The Hall–Kier alpha value is -5.56. The molecular weight excluding hydrogens is 553 g/mol. The summed E-state index contributed by atoms with van der Waals surface area (Å²) in [4.78, 5) is 12.3. The highest BCUT2D eigenvalue weighted by Gasteiger charge is 2.42. The van der Waals surface area contributed by atoms with Gasteiger partial charge in [0.05, 0.1) is 11.2 Å². The standard InChI is InChI=1S/C38H30BN5O/c1-38(2,3)24-20-21-40-35(22-24)43-32-13-7-4-11-28(32)29-18-19-36(41-37(29)43)45-25-16-17-26-27-10-5-8-14-33(27)44-34-15-9-6-12-31(34)42-39(44)30(26)23-25/h4-23,42H,1-3H3. The predicted octanol–water partition coefficient (Wildman–Crippen LogP) is 8.60. The molecule has 0 bridgehead atoms. The number of hydrogen-bond acceptors (Lipinski definition) is 5. The molecule has 7 heteroatoms. The molecule has 0 saturated carbocycles. The van der Waals surface area contributed by atoms with Gasteiger partial charge >= 0.3 is 6.98 Å². The molecule has 6 nitrogen and oxygen atoms in total. The summed E-state index contributed by atoms with van der Waals surface area (Å²) in [7, 11) is 0. The van der Waals surface area contributed by atoms with Gasteiger partial charge in [0, 0.05) is 40.0 Å². The van der Waals surface area contributed by atoms with E-state index >= 15 is 0 Å². The van der Waals surface area contributed by atoms with E-state index in [1.165, 1.54) is 33.5 Å². The molecule has 0 unspecified atom stereocenters. The van der Waals surface area contributed by atoms with Crippen molar-refractivity contribution in [3.8, 4) is 28.6 Å². The number of benzene rings is 4. The van der Waals surface area contributed by atoms with Crippen LogP contribution < -0.4 is 20.2 Å². The molecule has 0 spiro atoms. The average molecular weight is 584 g/mol. The molecule has 0 atom stereocenters. The third-order valence-electron chi connectivity index (χ3n) is 9.04. The van der Waals surface area contributed by atoms with Crippen molar-refractivity contribution < 1.29 is 4.74 Å². The molecule has 4 aromatic carbocycles. The Kier molecular flexibility index (Phi) is 5.45. The molecule has 0 amide bonds. The molecule has 0 radical (unpaired) electrons. The molecule has 3 aromatic heterocycles. The van der Waals surface area contributed by atoms with Gasteiger partial charge < -0.3 is 14.8 Å². The monoisotopic (exact) mass is 583 g/mol. The highest BCUT2D eigenvalue weighted by Crippen LogP contribution is 2.46. The van der Waals surface area contributed by atoms with Gasteiger partial charge in [0.25, 0.3) is 0 Å². The van der Waals surface area contributed by atoms with Gasteiger partial charge in [-0.15, -0.1) is 0 Å². The van der Waals surface area contributed by atoms with E-state index in [-0.39, 0.29) is 12.4 Å². The molecule has 0 fully saturated rings. The third kappa shape index (κ3) is 3.97. The van der Waals surface area contributed by atoms with Crippen LogP contribution in [0.1, 0.15) is 26.3 Å². The number of ether oxygens (including phenoxy) is 1. The van der Waals surface area contributed by atoms with Crippen molar-refractivity contribution >= 4 is 51.4 Å². The summed E-state index contributed by atoms with van der Waals surface area (Å²) in [5.41, 5.74) is 10.2. The van der Waals surface area contributed by atoms with E-state index in [1.54, 1.807) is 0 Å². The van der Waals surface area contributed by atoms with Crippen LogP contribution in [-0.2, 0) is 5.41 Å². The Morgan fingerprint density at radius 1 is 0.733 bits per heavy atom. The number of fused-ring (bicyclic) bond motifs is 11. The first-order valence-corrected chi connectivity index (χ1v) is 15.4. The van der Waals surface area contributed by atoms with Crippen LogP contribution in [0.2, 0.25) is 0 Å². The van der Waals surface area contributed by atoms with Crippen LogP contribution in [0.15, 0.2) is 121 Å². The molecular formula is C38H30BN5O. The van der Waals surface area contributed by atoms with Crippen molar-refractivity contribution in [2.75, 3.05) is 10.0 Å². The maximum atomic E-state index is 6.54. The molecule has 0 saturated heterocycles. The van der Waals surface area contributed by atoms with Crippen LogP contribution >= 0.6 is 0 Å². The van der Waals surface area contributed by atoms with Gasteiger partial charge in [-0.25, -0.2) is 4.98 Å². The van der Waals surface area contributed by atoms with E-state index in [4.69, 9.17) is 14.7 Å². The fourth-order valence-corrected chi connectivity index (χ4v) is 6.87. The summed E-state index contributed by atoms with van der Waals surface area (Å²) in [6, 6.07) is 40.2. The number of para-hydroxylation sites is 4. The zero-order chi connectivity index (χ0) is 30.3. The number of anilines is 3. The number of aromatic nitrogens is 3. The van der Waals surface area contributed by atoms with Crippen LogP contribution in [0, 0.1) is 0 Å². The summed E-state index contributed by atoms with van der Waals surface area (Å²) in [5.74, 6) is 2.13. The van der Waals surface area contributed by atoms with Gasteiger partial charge in [0.1, 0.15) is 11.6 Å². The number of rotatable bonds is 3. The molecule has 0 aliphatic carbocycles. The van der Waals surface area contributed by atoms with Gasteiger partial charge in [-0.05, 0) is 76.6 Å². The van der Waals surface area contributed by atoms with E-state index in [1.807, 2.05) is 18.3 Å². The van der Waals surface area contributed by atoms with Crippen LogP contribution in [0.5, 0.6) is 11.6 Å². The summed E-state index contributed by atoms with van der Waals surface area (Å²) < 4.78 is 8.69. The number of nitrogens with one attached hydrogen (secondary N) is 1. The van der Waals surface area contributed by atoms with Gasteiger partial charge in [0.2, 0.25) is 5.88 Å². The van der Waals surface area contributed by atoms with E-state index in [0.717, 1.165) is 39.2 Å². The lowest BCUT2D eigenvalue weighted by molar-refractivity contribution is 0.465. The molecule has 216 valence electrons. The fourth-order valence-electron chi connectivity index (χ4n) is 6.87. The second kappa shape index (κ2) is 9.47. The van der Waals surface area contributed by atoms with E-state index in [9.17, 15) is 0 Å². The fraction of sp³-hybridized carbons (Fsp3) is 0.105. The lowest BCUT2D eigenvalue weighted by atomic mass is 9.61. The topological polar surface area (TPSA) is 55.2 Å². The molecule has 2 aliphatic heterocycles. The summed E-state index contributed by atoms with van der Waals surface area (Å²) >= 11 is 0. The zero-order valence-electron chi connectivity index (χ0n) is 25.3. The Morgan fingerprint density at radius 2 is 1.53 bits per heavy atom. The summed E-state index contributed by atoms with van der Waals surface area (Å²) in [6.07, 6.45) is 1.89. The normalized spacial score (nSPS) is 13.3. The molecule has 5 heterocycles. The van der Waals surface area contributed by atoms with E-state index < -0.39 is 0 Å². The van der Waals surface area contributed by atoms with Crippen LogP contribution in [0.4, 0.5) is 17.1 Å². The van der Waals surface area contributed by atoms with Crippen molar-refractivity contribution in [2.24, 2.45) is 0 Å². The van der Waals surface area contributed by atoms with E-state index in [2.05, 4.69) is 139 Å². The van der Waals surface area contributed by atoms with Crippen molar-refractivity contribution in [3.05, 3.63) is 127 Å². The lowest BCUT2D eigenvalue weighted by Crippen LogP contribution is -2.51. The average Bonchev–Trinajstić information content (AvgIpc) is 3.61. The second-order valence-corrected chi connectivity index (χ2v) is 12.8. The number of nitrogens with zero attached hydrogens (tertiary/aromatic N) is 4. The first-order valence-electron chi connectivity index (χ1n) is 15.4. The minimum Gasteiger partial charge on any atom is -0.439 e. The molecule has 9 rings (SSSR count). The molecule has 1 N–H and O–H groups in total. The quantitative estimate of drug-likeness (QED) is 0.211. The molecule has 2 aliphatic rings. The Morgan fingerprint density at radius 3 is 2.42 bits per heavy atom. The highest BCUT2D eigenvalue weighted by atomic mass is 16.5. The minimum atomic E-state index is -0.0324. The number of hydrogen-bond donors (Lipinski definition) is 1. The zero-order valence-corrected chi connectivity index (χ0v) is 25.3. The van der Waals surface area contributed by atoms with Crippen molar-refractivity contribution in [2.45, 2.75) is 26.2 Å². The van der Waals surface area contributed by atoms with Gasteiger partial charge in [-0.2, -0.15) is 4.98 Å². The third-order valence-corrected chi connectivity index (χ3v) is 9.04. The first-order chi connectivity index (χ1) is 21.9. The molecule has 45 heavy (non-hydrogen) atoms. The lowest BCUT2D eigenvalue weighted by Gasteiger charge is -2.33. The number of pyridine rings is 2. The first kappa shape index (κ1) is 25.9. The minimum absolute atomic E-state index is 0.00374. The smallest absolute Gasteiger partial charge is 0.414 e. The van der Waals surface area contributed by atoms with E-state index in [0.29, 0.717) is 5.88 Å². The molecule has 7 aromatic rings.